The molecule has 3 N–H and O–H groups in total. The van der Waals surface area contributed by atoms with Gasteiger partial charge < -0.3 is 11.1 Å². The largest absolute Gasteiger partial charge is 0.397 e. The molecular formula is C13H11Cl2N3O. The van der Waals surface area contributed by atoms with E-state index in [-0.39, 0.29) is 22.3 Å². The molecule has 19 heavy (non-hydrogen) atoms. The van der Waals surface area contributed by atoms with Crippen molar-refractivity contribution in [2.24, 2.45) is 0 Å². The lowest BCUT2D eigenvalue weighted by atomic mass is 10.2. The molecule has 1 aromatic heterocycles. The van der Waals surface area contributed by atoms with Crippen molar-refractivity contribution in [1.82, 2.24) is 4.98 Å². The zero-order valence-corrected chi connectivity index (χ0v) is 11.6. The van der Waals surface area contributed by atoms with Gasteiger partial charge in [0.2, 0.25) is 0 Å². The van der Waals surface area contributed by atoms with Gasteiger partial charge in [-0.2, -0.15) is 0 Å². The second-order valence-corrected chi connectivity index (χ2v) is 4.83. The zero-order chi connectivity index (χ0) is 14.0. The molecule has 0 unspecified atom stereocenters. The molecule has 0 atom stereocenters. The monoisotopic (exact) mass is 295 g/mol. The molecule has 0 saturated carbocycles. The summed E-state index contributed by atoms with van der Waals surface area (Å²) in [6.07, 6.45) is 1.34. The molecule has 0 fully saturated rings. The van der Waals surface area contributed by atoms with Crippen LogP contribution in [0, 0.1) is 6.92 Å². The number of halogens is 2. The van der Waals surface area contributed by atoms with E-state index in [9.17, 15) is 4.79 Å². The second-order valence-electron chi connectivity index (χ2n) is 4.03. The summed E-state index contributed by atoms with van der Waals surface area (Å²) >= 11 is 11.8. The fraction of sp³-hybridized carbons (Fsp3) is 0.0769. The first-order valence-corrected chi connectivity index (χ1v) is 6.21. The molecule has 2 aromatic rings. The number of hydrogen-bond donors (Lipinski definition) is 2. The predicted octanol–water partition coefficient (Wildman–Crippen LogP) is 3.53. The van der Waals surface area contributed by atoms with Gasteiger partial charge in [-0.05, 0) is 30.7 Å². The molecule has 0 saturated heterocycles. The molecule has 0 spiro atoms. The summed E-state index contributed by atoms with van der Waals surface area (Å²) in [5.41, 5.74) is 7.73. The minimum atomic E-state index is -0.382. The highest BCUT2D eigenvalue weighted by Crippen LogP contribution is 2.24. The number of carbonyl (C=O) groups is 1. The number of nitrogens with one attached hydrogen (secondary N) is 1. The number of nitrogens with two attached hydrogens (primary N) is 1. The summed E-state index contributed by atoms with van der Waals surface area (Å²) in [4.78, 5) is 15.9. The van der Waals surface area contributed by atoms with Crippen LogP contribution in [-0.4, -0.2) is 10.9 Å². The Morgan fingerprint density at radius 3 is 2.74 bits per heavy atom. The molecule has 1 amide bonds. The Labute approximate surface area is 120 Å². The van der Waals surface area contributed by atoms with Gasteiger partial charge >= 0.3 is 0 Å². The first kappa shape index (κ1) is 13.6. The molecule has 2 rings (SSSR count). The highest BCUT2D eigenvalue weighted by Gasteiger charge is 2.12. The van der Waals surface area contributed by atoms with Crippen LogP contribution in [0.5, 0.6) is 0 Å². The summed E-state index contributed by atoms with van der Waals surface area (Å²) in [5, 5.41) is 3.35. The highest BCUT2D eigenvalue weighted by molar-refractivity contribution is 6.34. The van der Waals surface area contributed by atoms with Gasteiger partial charge in [0, 0.05) is 0 Å². The van der Waals surface area contributed by atoms with Crippen LogP contribution in [0.15, 0.2) is 30.5 Å². The van der Waals surface area contributed by atoms with Crippen LogP contribution >= 0.6 is 23.2 Å². The summed E-state index contributed by atoms with van der Waals surface area (Å²) in [6.45, 7) is 1.91. The number of anilines is 2. The van der Waals surface area contributed by atoms with Crippen LogP contribution in [0.2, 0.25) is 10.2 Å². The molecule has 0 aliphatic rings. The standard InChI is InChI=1S/C13H11Cl2N3O/c1-7-2-3-11(9(14)4-7)18-13(19)8-5-12(15)17-6-10(8)16/h2-6H,16H2,1H3,(H,18,19). The molecule has 0 radical (unpaired) electrons. The minimum Gasteiger partial charge on any atom is -0.397 e. The summed E-state index contributed by atoms with van der Waals surface area (Å²) < 4.78 is 0. The average molecular weight is 296 g/mol. The predicted molar refractivity (Wildman–Crippen MR) is 77.8 cm³/mol. The Hall–Kier alpha value is -1.78. The fourth-order valence-electron chi connectivity index (χ4n) is 1.55. The lowest BCUT2D eigenvalue weighted by Gasteiger charge is -2.09. The van der Waals surface area contributed by atoms with Gasteiger partial charge in [0.25, 0.3) is 5.91 Å². The SMILES string of the molecule is Cc1ccc(NC(=O)c2cc(Cl)ncc2N)c(Cl)c1. The van der Waals surface area contributed by atoms with E-state index in [1.807, 2.05) is 13.0 Å². The number of pyridine rings is 1. The molecule has 6 heteroatoms. The van der Waals surface area contributed by atoms with Gasteiger partial charge in [-0.25, -0.2) is 4.98 Å². The number of rotatable bonds is 2. The van der Waals surface area contributed by atoms with Crippen LogP contribution in [-0.2, 0) is 0 Å². The molecule has 1 heterocycles. The maximum absolute atomic E-state index is 12.1. The van der Waals surface area contributed by atoms with Gasteiger partial charge in [-0.3, -0.25) is 4.79 Å². The number of hydrogen-bond acceptors (Lipinski definition) is 3. The van der Waals surface area contributed by atoms with Crippen molar-refractivity contribution in [2.45, 2.75) is 6.92 Å². The number of aromatic nitrogens is 1. The van der Waals surface area contributed by atoms with Gasteiger partial charge in [-0.15, -0.1) is 0 Å². The first-order chi connectivity index (χ1) is 8.97. The third kappa shape index (κ3) is 3.16. The van der Waals surface area contributed by atoms with Crippen molar-refractivity contribution < 1.29 is 4.79 Å². The summed E-state index contributed by atoms with van der Waals surface area (Å²) in [7, 11) is 0. The van der Waals surface area contributed by atoms with Crippen molar-refractivity contribution in [3.8, 4) is 0 Å². The Kier molecular flexibility index (Phi) is 3.93. The van der Waals surface area contributed by atoms with Gasteiger partial charge in [0.15, 0.2) is 0 Å². The summed E-state index contributed by atoms with van der Waals surface area (Å²) in [5.74, 6) is -0.382. The van der Waals surface area contributed by atoms with E-state index < -0.39 is 0 Å². The molecule has 1 aromatic carbocycles. The molecule has 0 bridgehead atoms. The van der Waals surface area contributed by atoms with Gasteiger partial charge in [-0.1, -0.05) is 29.3 Å². The second kappa shape index (κ2) is 5.47. The molecular weight excluding hydrogens is 285 g/mol. The highest BCUT2D eigenvalue weighted by atomic mass is 35.5. The van der Waals surface area contributed by atoms with E-state index in [0.717, 1.165) is 5.56 Å². The first-order valence-electron chi connectivity index (χ1n) is 5.46. The fourth-order valence-corrected chi connectivity index (χ4v) is 1.99. The number of amides is 1. The third-order valence-corrected chi connectivity index (χ3v) is 3.04. The van der Waals surface area contributed by atoms with Gasteiger partial charge in [0.05, 0.1) is 28.2 Å². The van der Waals surface area contributed by atoms with E-state index in [4.69, 9.17) is 28.9 Å². The molecule has 0 aliphatic heterocycles. The van der Waals surface area contributed by atoms with Crippen molar-refractivity contribution in [3.05, 3.63) is 51.8 Å². The normalized spacial score (nSPS) is 10.3. The third-order valence-electron chi connectivity index (χ3n) is 2.52. The molecule has 98 valence electrons. The van der Waals surface area contributed by atoms with Crippen LogP contribution < -0.4 is 11.1 Å². The zero-order valence-electron chi connectivity index (χ0n) is 10.1. The molecule has 0 aliphatic carbocycles. The molecule has 4 nitrogen and oxygen atoms in total. The minimum absolute atomic E-state index is 0.203. The van der Waals surface area contributed by atoms with Crippen LogP contribution in [0.4, 0.5) is 11.4 Å². The Bertz CT molecular complexity index is 644. The van der Waals surface area contributed by atoms with Crippen LogP contribution in [0.1, 0.15) is 15.9 Å². The van der Waals surface area contributed by atoms with Crippen LogP contribution in [0.25, 0.3) is 0 Å². The number of carbonyl (C=O) groups excluding carboxylic acids is 1. The van der Waals surface area contributed by atoms with Crippen molar-refractivity contribution in [1.29, 1.82) is 0 Å². The van der Waals surface area contributed by atoms with Gasteiger partial charge in [0.1, 0.15) is 5.15 Å². The topological polar surface area (TPSA) is 68.0 Å². The Morgan fingerprint density at radius 2 is 2.05 bits per heavy atom. The number of nitrogens with zero attached hydrogens (tertiary/aromatic N) is 1. The van der Waals surface area contributed by atoms with E-state index in [2.05, 4.69) is 10.3 Å². The number of nitrogen functional groups attached to an aromatic ring is 1. The summed E-state index contributed by atoms with van der Waals surface area (Å²) in [6, 6.07) is 6.76. The van der Waals surface area contributed by atoms with E-state index in [1.54, 1.807) is 12.1 Å². The van der Waals surface area contributed by atoms with E-state index in [0.29, 0.717) is 10.7 Å². The number of aryl methyl sites for hydroxylation is 1. The van der Waals surface area contributed by atoms with Crippen molar-refractivity contribution >= 4 is 40.5 Å². The average Bonchev–Trinajstić information content (AvgIpc) is 2.35. The lowest BCUT2D eigenvalue weighted by Crippen LogP contribution is -2.14. The quantitative estimate of drug-likeness (QED) is 0.833. The van der Waals surface area contributed by atoms with E-state index in [1.165, 1.54) is 12.3 Å². The van der Waals surface area contributed by atoms with Crippen molar-refractivity contribution in [2.75, 3.05) is 11.1 Å². The lowest BCUT2D eigenvalue weighted by molar-refractivity contribution is 0.102. The van der Waals surface area contributed by atoms with Crippen molar-refractivity contribution in [3.63, 3.8) is 0 Å². The van der Waals surface area contributed by atoms with Crippen LogP contribution in [0.3, 0.4) is 0 Å². The van der Waals surface area contributed by atoms with E-state index >= 15 is 0 Å². The Balaban J connectivity index is 2.28. The maximum atomic E-state index is 12.1. The smallest absolute Gasteiger partial charge is 0.257 e. The maximum Gasteiger partial charge on any atom is 0.257 e. The number of benzene rings is 1. The Morgan fingerprint density at radius 1 is 1.32 bits per heavy atom.